The maximum absolute atomic E-state index is 13.7. The lowest BCUT2D eigenvalue weighted by Crippen LogP contribution is -2.32. The van der Waals surface area contributed by atoms with Crippen LogP contribution >= 0.6 is 11.3 Å². The van der Waals surface area contributed by atoms with Crippen molar-refractivity contribution in [2.75, 3.05) is 19.1 Å². The van der Waals surface area contributed by atoms with Crippen molar-refractivity contribution >= 4 is 32.6 Å². The summed E-state index contributed by atoms with van der Waals surface area (Å²) in [6.45, 7) is 4.85. The Balaban J connectivity index is 1.85. The smallest absolute Gasteiger partial charge is 0.278 e. The van der Waals surface area contributed by atoms with E-state index < -0.39 is 0 Å². The molecule has 0 saturated carbocycles. The summed E-state index contributed by atoms with van der Waals surface area (Å²) in [4.78, 5) is 20.2. The fourth-order valence-corrected chi connectivity index (χ4v) is 4.55. The van der Waals surface area contributed by atoms with E-state index in [-0.39, 0.29) is 5.91 Å². The molecule has 31 heavy (non-hydrogen) atoms. The van der Waals surface area contributed by atoms with Crippen molar-refractivity contribution in [1.29, 1.82) is 0 Å². The number of amides is 1. The van der Waals surface area contributed by atoms with Crippen molar-refractivity contribution in [2.24, 2.45) is 0 Å². The lowest BCUT2D eigenvalue weighted by molar-refractivity contribution is 0.0975. The van der Waals surface area contributed by atoms with Crippen molar-refractivity contribution in [1.82, 2.24) is 14.8 Å². The first-order chi connectivity index (χ1) is 15.0. The predicted octanol–water partition coefficient (Wildman–Crippen LogP) is 4.69. The zero-order valence-corrected chi connectivity index (χ0v) is 18.8. The molecule has 160 valence electrons. The number of aromatic nitrogens is 3. The fourth-order valence-electron chi connectivity index (χ4n) is 3.48. The molecule has 0 radical (unpaired) electrons. The van der Waals surface area contributed by atoms with Gasteiger partial charge in [-0.3, -0.25) is 14.4 Å². The highest BCUT2D eigenvalue weighted by molar-refractivity contribution is 7.22. The molecule has 2 heterocycles. The highest BCUT2D eigenvalue weighted by atomic mass is 32.1. The zero-order valence-electron chi connectivity index (χ0n) is 18.0. The summed E-state index contributed by atoms with van der Waals surface area (Å²) in [6, 6.07) is 15.4. The SMILES string of the molecule is CCn1nc(C)cc1C(=O)N(Cc1ccccc1)c1nc2c(OC)ccc(OC)c2s1. The van der Waals surface area contributed by atoms with E-state index >= 15 is 0 Å². The highest BCUT2D eigenvalue weighted by Gasteiger charge is 2.26. The minimum atomic E-state index is -0.150. The number of carbonyl (C=O) groups excluding carboxylic acids is 1. The number of rotatable bonds is 7. The minimum Gasteiger partial charge on any atom is -0.495 e. The summed E-state index contributed by atoms with van der Waals surface area (Å²) < 4.78 is 13.6. The minimum absolute atomic E-state index is 0.150. The topological polar surface area (TPSA) is 69.5 Å². The Morgan fingerprint density at radius 3 is 2.48 bits per heavy atom. The van der Waals surface area contributed by atoms with Crippen LogP contribution in [-0.4, -0.2) is 34.9 Å². The second kappa shape index (κ2) is 8.77. The van der Waals surface area contributed by atoms with Crippen LogP contribution in [0.15, 0.2) is 48.5 Å². The quantitative estimate of drug-likeness (QED) is 0.421. The number of carbonyl (C=O) groups is 1. The molecule has 0 aliphatic heterocycles. The lowest BCUT2D eigenvalue weighted by Gasteiger charge is -2.20. The second-order valence-corrected chi connectivity index (χ2v) is 7.99. The number of thiazole rings is 1. The van der Waals surface area contributed by atoms with Crippen molar-refractivity contribution in [3.63, 3.8) is 0 Å². The summed E-state index contributed by atoms with van der Waals surface area (Å²) in [5.74, 6) is 1.18. The number of hydrogen-bond acceptors (Lipinski definition) is 6. The molecule has 0 bridgehead atoms. The van der Waals surface area contributed by atoms with Crippen LogP contribution in [0.2, 0.25) is 0 Å². The molecule has 2 aromatic heterocycles. The van der Waals surface area contributed by atoms with E-state index in [1.165, 1.54) is 11.3 Å². The number of fused-ring (bicyclic) bond motifs is 1. The average molecular weight is 437 g/mol. The third-order valence-electron chi connectivity index (χ3n) is 4.98. The Morgan fingerprint density at radius 2 is 1.81 bits per heavy atom. The van der Waals surface area contributed by atoms with Gasteiger partial charge in [-0.25, -0.2) is 4.98 Å². The highest BCUT2D eigenvalue weighted by Crippen LogP contribution is 2.40. The molecule has 2 aromatic carbocycles. The van der Waals surface area contributed by atoms with Crippen LogP contribution in [-0.2, 0) is 13.1 Å². The first kappa shape index (κ1) is 20.9. The van der Waals surface area contributed by atoms with Crippen LogP contribution in [0.3, 0.4) is 0 Å². The molecule has 0 atom stereocenters. The third kappa shape index (κ3) is 3.98. The Kier molecular flexibility index (Phi) is 5.90. The average Bonchev–Trinajstić information content (AvgIpc) is 3.40. The van der Waals surface area contributed by atoms with Crippen molar-refractivity contribution < 1.29 is 14.3 Å². The summed E-state index contributed by atoms with van der Waals surface area (Å²) in [5, 5.41) is 5.02. The van der Waals surface area contributed by atoms with Crippen LogP contribution in [0.25, 0.3) is 10.2 Å². The van der Waals surface area contributed by atoms with Crippen LogP contribution in [0.5, 0.6) is 11.5 Å². The molecule has 0 aliphatic carbocycles. The molecule has 0 fully saturated rings. The Hall–Kier alpha value is -3.39. The van der Waals surface area contributed by atoms with Crippen molar-refractivity contribution in [3.8, 4) is 11.5 Å². The number of aryl methyl sites for hydroxylation is 2. The van der Waals surface area contributed by atoms with E-state index in [0.717, 1.165) is 16.0 Å². The van der Waals surface area contributed by atoms with Gasteiger partial charge in [-0.2, -0.15) is 5.10 Å². The first-order valence-electron chi connectivity index (χ1n) is 9.97. The fraction of sp³-hybridized carbons (Fsp3) is 0.261. The van der Waals surface area contributed by atoms with E-state index in [0.29, 0.717) is 40.9 Å². The number of anilines is 1. The van der Waals surface area contributed by atoms with Crippen LogP contribution in [0.4, 0.5) is 5.13 Å². The second-order valence-electron chi connectivity index (χ2n) is 7.01. The van der Waals surface area contributed by atoms with E-state index in [2.05, 4.69) is 5.10 Å². The number of nitrogens with zero attached hydrogens (tertiary/aromatic N) is 4. The van der Waals surface area contributed by atoms with E-state index in [1.54, 1.807) is 23.8 Å². The Labute approximate surface area is 184 Å². The molecular weight excluding hydrogens is 412 g/mol. The standard InChI is InChI=1S/C23H24N4O3S/c1-5-27-17(13-15(2)25-27)22(28)26(14-16-9-7-6-8-10-16)23-24-20-18(29-3)11-12-19(30-4)21(20)31-23/h6-13H,5,14H2,1-4H3. The Bertz CT molecular complexity index is 1180. The molecule has 8 heteroatoms. The third-order valence-corrected chi connectivity index (χ3v) is 6.07. The monoisotopic (exact) mass is 436 g/mol. The van der Waals surface area contributed by atoms with Gasteiger partial charge < -0.3 is 9.47 Å². The van der Waals surface area contributed by atoms with Gasteiger partial charge in [-0.05, 0) is 37.6 Å². The number of methoxy groups -OCH3 is 2. The molecule has 0 saturated heterocycles. The largest absolute Gasteiger partial charge is 0.495 e. The number of benzene rings is 2. The summed E-state index contributed by atoms with van der Waals surface area (Å²) in [6.07, 6.45) is 0. The number of hydrogen-bond donors (Lipinski definition) is 0. The van der Waals surface area contributed by atoms with E-state index in [4.69, 9.17) is 14.5 Å². The van der Waals surface area contributed by atoms with Gasteiger partial charge in [0.15, 0.2) is 5.13 Å². The molecule has 7 nitrogen and oxygen atoms in total. The van der Waals surface area contributed by atoms with Crippen molar-refractivity contribution in [3.05, 3.63) is 65.5 Å². The zero-order chi connectivity index (χ0) is 22.0. The van der Waals surface area contributed by atoms with Gasteiger partial charge in [0, 0.05) is 6.54 Å². The molecule has 0 spiro atoms. The van der Waals surface area contributed by atoms with Crippen molar-refractivity contribution in [2.45, 2.75) is 26.9 Å². The number of ether oxygens (including phenoxy) is 2. The van der Waals surface area contributed by atoms with Gasteiger partial charge in [-0.15, -0.1) is 0 Å². The van der Waals surface area contributed by atoms with Gasteiger partial charge in [0.05, 0.1) is 26.5 Å². The Morgan fingerprint density at radius 1 is 1.10 bits per heavy atom. The predicted molar refractivity (Wildman–Crippen MR) is 122 cm³/mol. The summed E-state index contributed by atoms with van der Waals surface area (Å²) >= 11 is 1.41. The molecule has 4 rings (SSSR count). The molecule has 1 amide bonds. The molecule has 0 aliphatic rings. The van der Waals surface area contributed by atoms with Gasteiger partial charge in [0.2, 0.25) is 0 Å². The lowest BCUT2D eigenvalue weighted by atomic mass is 10.2. The van der Waals surface area contributed by atoms with Gasteiger partial charge in [0.1, 0.15) is 27.4 Å². The van der Waals surface area contributed by atoms with Gasteiger partial charge in [-0.1, -0.05) is 41.7 Å². The van der Waals surface area contributed by atoms with Crippen LogP contribution in [0.1, 0.15) is 28.7 Å². The molecule has 0 N–H and O–H groups in total. The molecule has 0 unspecified atom stereocenters. The summed E-state index contributed by atoms with van der Waals surface area (Å²) in [7, 11) is 3.23. The van der Waals surface area contributed by atoms with E-state index in [9.17, 15) is 4.79 Å². The first-order valence-corrected chi connectivity index (χ1v) is 10.8. The normalized spacial score (nSPS) is 11.0. The summed E-state index contributed by atoms with van der Waals surface area (Å²) in [5.41, 5.74) is 3.02. The molecule has 4 aromatic rings. The maximum Gasteiger partial charge on any atom is 0.278 e. The molecular formula is C23H24N4O3S. The maximum atomic E-state index is 13.7. The van der Waals surface area contributed by atoms with Gasteiger partial charge >= 0.3 is 0 Å². The van der Waals surface area contributed by atoms with Crippen LogP contribution in [0, 0.1) is 6.92 Å². The van der Waals surface area contributed by atoms with E-state index in [1.807, 2.05) is 62.4 Å². The van der Waals surface area contributed by atoms with Gasteiger partial charge in [0.25, 0.3) is 5.91 Å². The van der Waals surface area contributed by atoms with Crippen LogP contribution < -0.4 is 14.4 Å².